The number of piperidine rings is 1. The topological polar surface area (TPSA) is 69.3 Å². The summed E-state index contributed by atoms with van der Waals surface area (Å²) in [5, 5.41) is 0. The Balaban J connectivity index is 1.45. The summed E-state index contributed by atoms with van der Waals surface area (Å²) >= 11 is 0. The summed E-state index contributed by atoms with van der Waals surface area (Å²) in [7, 11) is 0. The molecule has 1 saturated heterocycles. The van der Waals surface area contributed by atoms with Crippen LogP contribution in [-0.4, -0.2) is 51.4 Å². The maximum Gasteiger partial charge on any atom is 0.254 e. The summed E-state index contributed by atoms with van der Waals surface area (Å²) in [4.78, 5) is 35.9. The van der Waals surface area contributed by atoms with Crippen LogP contribution in [0.5, 0.6) is 0 Å². The van der Waals surface area contributed by atoms with Gasteiger partial charge >= 0.3 is 0 Å². The molecule has 1 aromatic heterocycles. The second kappa shape index (κ2) is 5.19. The van der Waals surface area contributed by atoms with Gasteiger partial charge in [0, 0.05) is 24.7 Å². The van der Waals surface area contributed by atoms with Crippen molar-refractivity contribution < 1.29 is 4.79 Å². The molecule has 1 amide bonds. The van der Waals surface area contributed by atoms with Crippen molar-refractivity contribution in [2.75, 3.05) is 19.6 Å². The number of aryl methyl sites for hydroxylation is 1. The second-order valence-electron chi connectivity index (χ2n) is 6.90. The molecule has 3 aliphatic rings. The fourth-order valence-electron chi connectivity index (χ4n) is 4.27. The van der Waals surface area contributed by atoms with E-state index in [9.17, 15) is 9.59 Å². The van der Waals surface area contributed by atoms with Crippen LogP contribution in [0, 0.1) is 12.8 Å². The number of carbonyl (C=O) groups is 1. The van der Waals surface area contributed by atoms with Crippen LogP contribution in [0.25, 0.3) is 0 Å². The minimum atomic E-state index is -0.0496. The Hall–Kier alpha value is -1.69. The molecule has 6 nitrogen and oxygen atoms in total. The van der Waals surface area contributed by atoms with Gasteiger partial charge < -0.3 is 9.88 Å². The lowest BCUT2D eigenvalue weighted by Crippen LogP contribution is -2.46. The monoisotopic (exact) mass is 302 g/mol. The first-order chi connectivity index (χ1) is 10.6. The Kier molecular flexibility index (Phi) is 3.29. The second-order valence-corrected chi connectivity index (χ2v) is 6.90. The van der Waals surface area contributed by atoms with E-state index in [0.717, 1.165) is 23.7 Å². The van der Waals surface area contributed by atoms with Crippen LogP contribution in [0.1, 0.15) is 36.3 Å². The number of fused-ring (bicyclic) bond motifs is 3. The van der Waals surface area contributed by atoms with Crippen molar-refractivity contribution in [2.24, 2.45) is 5.92 Å². The molecule has 2 atom stereocenters. The number of hydrogen-bond acceptors (Lipinski definition) is 4. The first-order valence-electron chi connectivity index (χ1n) is 8.20. The molecule has 118 valence electrons. The summed E-state index contributed by atoms with van der Waals surface area (Å²) in [5.74, 6) is 1.61. The summed E-state index contributed by atoms with van der Waals surface area (Å²) in [6.45, 7) is 4.49. The maximum absolute atomic E-state index is 12.6. The van der Waals surface area contributed by atoms with Crippen LogP contribution in [0.3, 0.4) is 0 Å². The van der Waals surface area contributed by atoms with Crippen LogP contribution >= 0.6 is 0 Å². The van der Waals surface area contributed by atoms with Crippen molar-refractivity contribution in [1.29, 1.82) is 0 Å². The highest BCUT2D eigenvalue weighted by Gasteiger charge is 2.39. The van der Waals surface area contributed by atoms with E-state index in [1.807, 2.05) is 4.90 Å². The van der Waals surface area contributed by atoms with Gasteiger partial charge in [0.05, 0.1) is 18.8 Å². The highest BCUT2D eigenvalue weighted by molar-refractivity contribution is 5.78. The molecule has 3 heterocycles. The van der Waals surface area contributed by atoms with E-state index < -0.39 is 0 Å². The fraction of sp³-hybridized carbons (Fsp3) is 0.688. The quantitative estimate of drug-likeness (QED) is 0.861. The van der Waals surface area contributed by atoms with E-state index in [-0.39, 0.29) is 11.5 Å². The highest BCUT2D eigenvalue weighted by Crippen LogP contribution is 2.37. The number of aromatic amines is 1. The van der Waals surface area contributed by atoms with Crippen molar-refractivity contribution in [3.05, 3.63) is 27.4 Å². The van der Waals surface area contributed by atoms with Crippen molar-refractivity contribution >= 4 is 5.91 Å². The molecular formula is C16H22N4O2. The number of H-pyrrole nitrogens is 1. The van der Waals surface area contributed by atoms with Crippen LogP contribution in [0.4, 0.5) is 0 Å². The van der Waals surface area contributed by atoms with Gasteiger partial charge in [-0.25, -0.2) is 4.98 Å². The molecule has 22 heavy (non-hydrogen) atoms. The van der Waals surface area contributed by atoms with Crippen molar-refractivity contribution in [3.8, 4) is 0 Å². The Labute approximate surface area is 129 Å². The molecule has 0 radical (unpaired) electrons. The number of nitrogens with one attached hydrogen (secondary N) is 1. The molecule has 1 aromatic rings. The van der Waals surface area contributed by atoms with Crippen molar-refractivity contribution in [1.82, 2.24) is 19.8 Å². The largest absolute Gasteiger partial charge is 0.335 e. The molecule has 2 bridgehead atoms. The lowest BCUT2D eigenvalue weighted by Gasteiger charge is -2.32. The molecule has 0 spiro atoms. The molecule has 6 heteroatoms. The molecule has 4 rings (SSSR count). The molecule has 0 aromatic carbocycles. The minimum absolute atomic E-state index is 0.0496. The standard InChI is InChI=1S/C16H22N4O2/c1-10-17-14-8-19(5-4-13(14)16(22)18-10)15(21)9-20-7-11-2-3-12(20)6-11/h11-12H,2-9H2,1H3,(H,17,18,22)/t11-,12+/m1/s1. The number of amides is 1. The Morgan fingerprint density at radius 2 is 2.27 bits per heavy atom. The zero-order valence-electron chi connectivity index (χ0n) is 13.0. The zero-order chi connectivity index (χ0) is 15.3. The third-order valence-corrected chi connectivity index (χ3v) is 5.41. The average molecular weight is 302 g/mol. The number of likely N-dealkylation sites (tertiary alicyclic amines) is 1. The predicted molar refractivity (Wildman–Crippen MR) is 81.4 cm³/mol. The average Bonchev–Trinajstić information content (AvgIpc) is 3.09. The van der Waals surface area contributed by atoms with Gasteiger partial charge in [-0.15, -0.1) is 0 Å². The summed E-state index contributed by atoms with van der Waals surface area (Å²) in [5.41, 5.74) is 1.46. The molecule has 1 N–H and O–H groups in total. The highest BCUT2D eigenvalue weighted by atomic mass is 16.2. The Bertz CT molecular complexity index is 669. The number of nitrogens with zero attached hydrogens (tertiary/aromatic N) is 3. The van der Waals surface area contributed by atoms with Crippen molar-refractivity contribution in [3.63, 3.8) is 0 Å². The third kappa shape index (κ3) is 2.35. The van der Waals surface area contributed by atoms with Gasteiger partial charge in [-0.3, -0.25) is 14.5 Å². The first kappa shape index (κ1) is 13.9. The number of carbonyl (C=O) groups excluding carboxylic acids is 1. The summed E-state index contributed by atoms with van der Waals surface area (Å²) in [6.07, 6.45) is 4.46. The Morgan fingerprint density at radius 3 is 3.00 bits per heavy atom. The van der Waals surface area contributed by atoms with E-state index in [1.54, 1.807) is 6.92 Å². The molecular weight excluding hydrogens is 280 g/mol. The van der Waals surface area contributed by atoms with Gasteiger partial charge in [-0.05, 0) is 38.5 Å². The third-order valence-electron chi connectivity index (χ3n) is 5.41. The SMILES string of the molecule is Cc1nc2c(c(=O)[nH]1)CCN(C(=O)CN1C[C@@H]3CC[C@H]1C3)C2. The van der Waals surface area contributed by atoms with E-state index in [2.05, 4.69) is 14.9 Å². The summed E-state index contributed by atoms with van der Waals surface area (Å²) < 4.78 is 0. The summed E-state index contributed by atoms with van der Waals surface area (Å²) in [6, 6.07) is 0.620. The predicted octanol–water partition coefficient (Wildman–Crippen LogP) is 0.447. The van der Waals surface area contributed by atoms with Gasteiger partial charge in [-0.1, -0.05) is 0 Å². The van der Waals surface area contributed by atoms with Gasteiger partial charge in [0.2, 0.25) is 5.91 Å². The van der Waals surface area contributed by atoms with Crippen molar-refractivity contribution in [2.45, 2.75) is 45.2 Å². The van der Waals surface area contributed by atoms with Crippen LogP contribution in [0.15, 0.2) is 4.79 Å². The molecule has 1 saturated carbocycles. The smallest absolute Gasteiger partial charge is 0.254 e. The van der Waals surface area contributed by atoms with Gasteiger partial charge in [-0.2, -0.15) is 0 Å². The maximum atomic E-state index is 12.6. The van der Waals surface area contributed by atoms with E-state index in [0.29, 0.717) is 37.9 Å². The number of rotatable bonds is 2. The zero-order valence-corrected chi connectivity index (χ0v) is 13.0. The fourth-order valence-corrected chi connectivity index (χ4v) is 4.27. The van der Waals surface area contributed by atoms with E-state index in [4.69, 9.17) is 0 Å². The van der Waals surface area contributed by atoms with Crippen LogP contribution in [0.2, 0.25) is 0 Å². The van der Waals surface area contributed by atoms with Gasteiger partial charge in [0.25, 0.3) is 5.56 Å². The van der Waals surface area contributed by atoms with E-state index in [1.165, 1.54) is 19.3 Å². The molecule has 1 aliphatic carbocycles. The molecule has 2 fully saturated rings. The van der Waals surface area contributed by atoms with Crippen LogP contribution in [-0.2, 0) is 17.8 Å². The number of aromatic nitrogens is 2. The molecule has 2 aliphatic heterocycles. The Morgan fingerprint density at radius 1 is 1.41 bits per heavy atom. The van der Waals surface area contributed by atoms with E-state index >= 15 is 0 Å². The number of hydrogen-bond donors (Lipinski definition) is 1. The van der Waals surface area contributed by atoms with Gasteiger partial charge in [0.15, 0.2) is 0 Å². The normalized spacial score (nSPS) is 27.2. The van der Waals surface area contributed by atoms with Gasteiger partial charge in [0.1, 0.15) is 5.82 Å². The lowest BCUT2D eigenvalue weighted by atomic mass is 10.1. The molecule has 0 unspecified atom stereocenters. The first-order valence-corrected chi connectivity index (χ1v) is 8.20. The minimum Gasteiger partial charge on any atom is -0.335 e. The van der Waals surface area contributed by atoms with Crippen LogP contribution < -0.4 is 5.56 Å². The lowest BCUT2D eigenvalue weighted by molar-refractivity contribution is -0.133.